The molecule has 1 unspecified atom stereocenters. The monoisotopic (exact) mass is 473 g/mol. The van der Waals surface area contributed by atoms with E-state index in [-0.39, 0.29) is 17.7 Å². The van der Waals surface area contributed by atoms with Crippen molar-refractivity contribution in [3.63, 3.8) is 0 Å². The highest BCUT2D eigenvalue weighted by Crippen LogP contribution is 2.30. The normalized spacial score (nSPS) is 18.9. The fourth-order valence-electron chi connectivity index (χ4n) is 4.91. The Bertz CT molecular complexity index is 1090. The number of allylic oxidation sites excluding steroid dienone is 1. The SMILES string of the molecule is CN/C=C(\C=N)c1ccc(C2CCN(C(=O)c3ccc(C)c(NC(=O)C4CCNC4)c3)CC2)cc1. The lowest BCUT2D eigenvalue weighted by Crippen LogP contribution is -2.38. The second kappa shape index (κ2) is 11.3. The van der Waals surface area contributed by atoms with E-state index >= 15 is 0 Å². The van der Waals surface area contributed by atoms with Crippen LogP contribution in [0, 0.1) is 18.3 Å². The molecular weight excluding hydrogens is 438 g/mol. The number of carbonyl (C=O) groups is 2. The number of amides is 2. The van der Waals surface area contributed by atoms with Gasteiger partial charge >= 0.3 is 0 Å². The van der Waals surface area contributed by atoms with Crippen LogP contribution in [-0.2, 0) is 4.79 Å². The first-order valence-electron chi connectivity index (χ1n) is 12.4. The summed E-state index contributed by atoms with van der Waals surface area (Å²) in [4.78, 5) is 27.7. The minimum atomic E-state index is -0.0159. The van der Waals surface area contributed by atoms with E-state index in [9.17, 15) is 9.59 Å². The molecule has 7 nitrogen and oxygen atoms in total. The third-order valence-electron chi connectivity index (χ3n) is 7.13. The number of piperidine rings is 1. The predicted octanol–water partition coefficient (Wildman–Crippen LogP) is 3.77. The first-order valence-corrected chi connectivity index (χ1v) is 12.4. The highest BCUT2D eigenvalue weighted by molar-refractivity contribution is 6.08. The molecule has 0 saturated carbocycles. The van der Waals surface area contributed by atoms with Gasteiger partial charge in [-0.1, -0.05) is 30.3 Å². The Labute approximate surface area is 207 Å². The van der Waals surface area contributed by atoms with Crippen molar-refractivity contribution in [1.29, 1.82) is 5.41 Å². The van der Waals surface area contributed by atoms with Crippen LogP contribution < -0.4 is 16.0 Å². The molecule has 2 aromatic rings. The molecule has 0 bridgehead atoms. The highest BCUT2D eigenvalue weighted by Gasteiger charge is 2.26. The maximum absolute atomic E-state index is 13.2. The van der Waals surface area contributed by atoms with Crippen molar-refractivity contribution in [2.45, 2.75) is 32.1 Å². The van der Waals surface area contributed by atoms with Gasteiger partial charge in [0.25, 0.3) is 5.91 Å². The molecule has 4 rings (SSSR count). The summed E-state index contributed by atoms with van der Waals surface area (Å²) in [6.07, 6.45) is 5.85. The van der Waals surface area contributed by atoms with Crippen molar-refractivity contribution >= 4 is 29.3 Å². The zero-order valence-electron chi connectivity index (χ0n) is 20.6. The summed E-state index contributed by atoms with van der Waals surface area (Å²) in [7, 11) is 1.83. The average Bonchev–Trinajstić information content (AvgIpc) is 3.44. The van der Waals surface area contributed by atoms with Crippen molar-refractivity contribution in [2.75, 3.05) is 38.5 Å². The maximum Gasteiger partial charge on any atom is 0.253 e. The lowest BCUT2D eigenvalue weighted by atomic mass is 9.88. The van der Waals surface area contributed by atoms with Crippen LogP contribution in [0.1, 0.15) is 52.2 Å². The molecule has 184 valence electrons. The van der Waals surface area contributed by atoms with Crippen LogP contribution in [0.15, 0.2) is 48.7 Å². The van der Waals surface area contributed by atoms with Gasteiger partial charge in [-0.15, -0.1) is 0 Å². The number of hydrogen-bond donors (Lipinski definition) is 4. The van der Waals surface area contributed by atoms with E-state index in [2.05, 4.69) is 40.2 Å². The summed E-state index contributed by atoms with van der Waals surface area (Å²) in [6, 6.07) is 14.0. The van der Waals surface area contributed by atoms with Gasteiger partial charge in [0, 0.05) is 55.9 Å². The molecule has 2 aliphatic heterocycles. The van der Waals surface area contributed by atoms with Gasteiger partial charge in [0.1, 0.15) is 0 Å². The molecule has 2 amide bonds. The van der Waals surface area contributed by atoms with Crippen LogP contribution in [0.25, 0.3) is 5.57 Å². The number of rotatable bonds is 7. The van der Waals surface area contributed by atoms with Gasteiger partial charge in [0.2, 0.25) is 5.91 Å². The second-order valence-corrected chi connectivity index (χ2v) is 9.43. The highest BCUT2D eigenvalue weighted by atomic mass is 16.2. The summed E-state index contributed by atoms with van der Waals surface area (Å²) >= 11 is 0. The number of likely N-dealkylation sites (tertiary alicyclic amines) is 1. The number of nitrogens with zero attached hydrogens (tertiary/aromatic N) is 1. The number of hydrogen-bond acceptors (Lipinski definition) is 5. The molecule has 2 fully saturated rings. The third kappa shape index (κ3) is 5.80. The fourth-order valence-corrected chi connectivity index (χ4v) is 4.91. The Morgan fingerprint density at radius 2 is 1.77 bits per heavy atom. The lowest BCUT2D eigenvalue weighted by molar-refractivity contribution is -0.119. The minimum Gasteiger partial charge on any atom is -0.393 e. The van der Waals surface area contributed by atoms with E-state index in [1.165, 1.54) is 11.8 Å². The number of benzene rings is 2. The van der Waals surface area contributed by atoms with Crippen LogP contribution in [0.4, 0.5) is 5.69 Å². The van der Waals surface area contributed by atoms with E-state index in [0.29, 0.717) is 31.1 Å². The van der Waals surface area contributed by atoms with E-state index in [0.717, 1.165) is 48.2 Å². The van der Waals surface area contributed by atoms with Crippen LogP contribution in [0.5, 0.6) is 0 Å². The van der Waals surface area contributed by atoms with Gasteiger partial charge < -0.3 is 26.3 Å². The Hall–Kier alpha value is -3.45. The number of aryl methyl sites for hydroxylation is 1. The standard InChI is InChI=1S/C28H35N5O2/c1-19-3-4-23(15-26(19)32-27(34)24-9-12-31-18-24)28(35)33-13-10-22(11-14-33)20-5-7-21(8-6-20)25(16-29)17-30-2/h3-8,15-17,22,24,29-31H,9-14,18H2,1-2H3,(H,32,34)/b25-17+,29-16?. The molecule has 7 heteroatoms. The number of carbonyl (C=O) groups excluding carboxylic acids is 2. The van der Waals surface area contributed by atoms with Crippen LogP contribution in [0.2, 0.25) is 0 Å². The van der Waals surface area contributed by atoms with Crippen molar-refractivity contribution in [3.8, 4) is 0 Å². The zero-order chi connectivity index (χ0) is 24.8. The van der Waals surface area contributed by atoms with Gasteiger partial charge in [0.15, 0.2) is 0 Å². The summed E-state index contributed by atoms with van der Waals surface area (Å²) in [5.74, 6) is 0.434. The number of anilines is 1. The average molecular weight is 474 g/mol. The Morgan fingerprint density at radius 3 is 2.40 bits per heavy atom. The van der Waals surface area contributed by atoms with E-state index in [1.807, 2.05) is 43.3 Å². The van der Waals surface area contributed by atoms with Crippen LogP contribution >= 0.6 is 0 Å². The molecule has 35 heavy (non-hydrogen) atoms. The molecule has 0 aromatic heterocycles. The summed E-state index contributed by atoms with van der Waals surface area (Å²) in [6.45, 7) is 4.94. The first kappa shape index (κ1) is 24.7. The van der Waals surface area contributed by atoms with Crippen molar-refractivity contribution < 1.29 is 9.59 Å². The van der Waals surface area contributed by atoms with Gasteiger partial charge in [-0.25, -0.2) is 0 Å². The molecule has 1 atom stereocenters. The maximum atomic E-state index is 13.2. The molecule has 2 aliphatic rings. The molecule has 2 aromatic carbocycles. The molecule has 0 radical (unpaired) electrons. The Morgan fingerprint density at radius 1 is 1.06 bits per heavy atom. The molecule has 4 N–H and O–H groups in total. The number of nitrogens with one attached hydrogen (secondary N) is 4. The van der Waals surface area contributed by atoms with Crippen molar-refractivity contribution in [3.05, 3.63) is 70.9 Å². The van der Waals surface area contributed by atoms with E-state index < -0.39 is 0 Å². The lowest BCUT2D eigenvalue weighted by Gasteiger charge is -2.32. The summed E-state index contributed by atoms with van der Waals surface area (Å²) in [5.41, 5.74) is 5.42. The van der Waals surface area contributed by atoms with Gasteiger partial charge in [-0.3, -0.25) is 9.59 Å². The first-order chi connectivity index (χ1) is 17.0. The predicted molar refractivity (Wildman–Crippen MR) is 141 cm³/mol. The molecule has 2 saturated heterocycles. The van der Waals surface area contributed by atoms with E-state index in [4.69, 9.17) is 5.41 Å². The third-order valence-corrected chi connectivity index (χ3v) is 7.13. The van der Waals surface area contributed by atoms with E-state index in [1.54, 1.807) is 0 Å². The van der Waals surface area contributed by atoms with Crippen molar-refractivity contribution in [2.24, 2.45) is 5.92 Å². The fraction of sp³-hybridized carbons (Fsp3) is 0.393. The largest absolute Gasteiger partial charge is 0.393 e. The molecule has 0 spiro atoms. The molecular formula is C28H35N5O2. The quantitative estimate of drug-likeness (QED) is 0.460. The van der Waals surface area contributed by atoms with Gasteiger partial charge in [-0.05, 0) is 67.5 Å². The Kier molecular flexibility index (Phi) is 7.98. The zero-order valence-corrected chi connectivity index (χ0v) is 20.6. The topological polar surface area (TPSA) is 97.3 Å². The van der Waals surface area contributed by atoms with Crippen LogP contribution in [0.3, 0.4) is 0 Å². The summed E-state index contributed by atoms with van der Waals surface area (Å²) in [5, 5.41) is 16.8. The summed E-state index contributed by atoms with van der Waals surface area (Å²) < 4.78 is 0. The van der Waals surface area contributed by atoms with Crippen LogP contribution in [-0.4, -0.2) is 56.2 Å². The van der Waals surface area contributed by atoms with Crippen molar-refractivity contribution in [1.82, 2.24) is 15.5 Å². The molecule has 2 heterocycles. The van der Waals surface area contributed by atoms with Gasteiger partial charge in [-0.2, -0.15) is 0 Å². The second-order valence-electron chi connectivity index (χ2n) is 9.43. The minimum absolute atomic E-state index is 0.0159. The smallest absolute Gasteiger partial charge is 0.253 e. The molecule has 0 aliphatic carbocycles. The van der Waals surface area contributed by atoms with Gasteiger partial charge in [0.05, 0.1) is 5.92 Å². The Balaban J connectivity index is 1.37.